The van der Waals surface area contributed by atoms with E-state index in [-0.39, 0.29) is 17.5 Å². The molecule has 1 aromatic rings. The Morgan fingerprint density at radius 1 is 1.41 bits per heavy atom. The molecule has 1 saturated heterocycles. The van der Waals surface area contributed by atoms with Crippen molar-refractivity contribution in [1.29, 1.82) is 0 Å². The van der Waals surface area contributed by atoms with Crippen LogP contribution in [0.25, 0.3) is 0 Å². The third-order valence-corrected chi connectivity index (χ3v) is 5.00. The van der Waals surface area contributed by atoms with Gasteiger partial charge < -0.3 is 9.73 Å². The van der Waals surface area contributed by atoms with Crippen molar-refractivity contribution in [3.63, 3.8) is 0 Å². The maximum Gasteiger partial charge on any atom is 0.197 e. The average molecular weight is 256 g/mol. The summed E-state index contributed by atoms with van der Waals surface area (Å²) < 4.78 is 28.8. The highest BCUT2D eigenvalue weighted by atomic mass is 32.2. The largest absolute Gasteiger partial charge is 0.445 e. The second kappa shape index (κ2) is 3.81. The van der Waals surface area contributed by atoms with Crippen LogP contribution in [0.1, 0.15) is 42.1 Å². The fourth-order valence-corrected chi connectivity index (χ4v) is 3.60. The minimum absolute atomic E-state index is 0.129. The number of hydrogen-bond donors (Lipinski definition) is 1. The molecule has 94 valence electrons. The maximum absolute atomic E-state index is 11.6. The van der Waals surface area contributed by atoms with Gasteiger partial charge in [-0.3, -0.25) is 0 Å². The number of aromatic nitrogens is 1. The highest BCUT2D eigenvalue weighted by molar-refractivity contribution is 7.91. The van der Waals surface area contributed by atoms with E-state index in [4.69, 9.17) is 4.42 Å². The van der Waals surface area contributed by atoms with E-state index in [1.54, 1.807) is 0 Å². The molecule has 2 fully saturated rings. The Balaban J connectivity index is 1.87. The van der Waals surface area contributed by atoms with Gasteiger partial charge in [-0.05, 0) is 19.8 Å². The highest BCUT2D eigenvalue weighted by Gasteiger charge is 2.33. The summed E-state index contributed by atoms with van der Waals surface area (Å²) in [6.45, 7) is 2.36. The molecule has 1 N–H and O–H groups in total. The Morgan fingerprint density at radius 3 is 2.82 bits per heavy atom. The van der Waals surface area contributed by atoms with Crippen LogP contribution in [0.5, 0.6) is 0 Å². The lowest BCUT2D eigenvalue weighted by Crippen LogP contribution is -2.39. The van der Waals surface area contributed by atoms with Gasteiger partial charge in [0.05, 0.1) is 17.5 Å². The van der Waals surface area contributed by atoms with Gasteiger partial charge in [0.1, 0.15) is 11.5 Å². The third-order valence-electron chi connectivity index (χ3n) is 3.33. The van der Waals surface area contributed by atoms with Crippen molar-refractivity contribution in [3.8, 4) is 0 Å². The molecule has 5 nitrogen and oxygen atoms in total. The first kappa shape index (κ1) is 11.2. The molecule has 1 aliphatic carbocycles. The smallest absolute Gasteiger partial charge is 0.197 e. The molecule has 1 unspecified atom stereocenters. The molecule has 6 heteroatoms. The third kappa shape index (κ3) is 2.24. The van der Waals surface area contributed by atoms with E-state index in [1.165, 1.54) is 0 Å². The van der Waals surface area contributed by atoms with Crippen molar-refractivity contribution in [3.05, 3.63) is 17.3 Å². The minimum atomic E-state index is -2.94. The van der Waals surface area contributed by atoms with Crippen molar-refractivity contribution >= 4 is 9.84 Å². The molecule has 2 heterocycles. The van der Waals surface area contributed by atoms with E-state index >= 15 is 0 Å². The monoisotopic (exact) mass is 256 g/mol. The molecular formula is C11H16N2O3S. The molecule has 0 aromatic carbocycles. The summed E-state index contributed by atoms with van der Waals surface area (Å²) in [7, 11) is -2.94. The molecule has 17 heavy (non-hydrogen) atoms. The number of sulfone groups is 1. The first-order chi connectivity index (χ1) is 8.05. The predicted octanol–water partition coefficient (Wildman–Crippen LogP) is 0.920. The second-order valence-electron chi connectivity index (χ2n) is 4.89. The first-order valence-corrected chi connectivity index (χ1v) is 7.78. The summed E-state index contributed by atoms with van der Waals surface area (Å²) in [4.78, 5) is 4.47. The van der Waals surface area contributed by atoms with Crippen LogP contribution in [0.2, 0.25) is 0 Å². The van der Waals surface area contributed by atoms with Crippen LogP contribution in [-0.2, 0) is 9.84 Å². The fraction of sp³-hybridized carbons (Fsp3) is 0.727. The SMILES string of the molecule is Cc1oc(C2CC2)nc1C1CS(=O)(=O)CCN1. The van der Waals surface area contributed by atoms with Crippen LogP contribution in [0.3, 0.4) is 0 Å². The van der Waals surface area contributed by atoms with Crippen LogP contribution in [0.15, 0.2) is 4.42 Å². The summed E-state index contributed by atoms with van der Waals surface area (Å²) in [5.74, 6) is 2.34. The van der Waals surface area contributed by atoms with Crippen LogP contribution >= 0.6 is 0 Å². The lowest BCUT2D eigenvalue weighted by molar-refractivity contribution is 0.468. The minimum Gasteiger partial charge on any atom is -0.445 e. The van der Waals surface area contributed by atoms with Gasteiger partial charge in [0.2, 0.25) is 0 Å². The van der Waals surface area contributed by atoms with Gasteiger partial charge in [0, 0.05) is 12.5 Å². The number of nitrogens with one attached hydrogen (secondary N) is 1. The Kier molecular flexibility index (Phi) is 2.52. The molecular weight excluding hydrogens is 240 g/mol. The zero-order valence-electron chi connectivity index (χ0n) is 9.77. The maximum atomic E-state index is 11.6. The number of rotatable bonds is 2. The van der Waals surface area contributed by atoms with E-state index in [1.807, 2.05) is 6.92 Å². The van der Waals surface area contributed by atoms with Crippen molar-refractivity contribution in [1.82, 2.24) is 10.3 Å². The summed E-state index contributed by atoms with van der Waals surface area (Å²) >= 11 is 0. The summed E-state index contributed by atoms with van der Waals surface area (Å²) in [5, 5.41) is 3.20. The van der Waals surface area contributed by atoms with Gasteiger partial charge in [-0.15, -0.1) is 0 Å². The molecule has 3 rings (SSSR count). The number of nitrogens with zero attached hydrogens (tertiary/aromatic N) is 1. The van der Waals surface area contributed by atoms with Crippen LogP contribution in [-0.4, -0.2) is 31.5 Å². The first-order valence-electron chi connectivity index (χ1n) is 5.96. The summed E-state index contributed by atoms with van der Waals surface area (Å²) in [6, 6.07) is -0.204. The Morgan fingerprint density at radius 2 is 2.18 bits per heavy atom. The van der Waals surface area contributed by atoms with Gasteiger partial charge in [0.25, 0.3) is 0 Å². The zero-order valence-corrected chi connectivity index (χ0v) is 10.6. The van der Waals surface area contributed by atoms with E-state index in [2.05, 4.69) is 10.3 Å². The number of oxazole rings is 1. The highest BCUT2D eigenvalue weighted by Crippen LogP contribution is 2.40. The van der Waals surface area contributed by atoms with E-state index in [9.17, 15) is 8.42 Å². The topological polar surface area (TPSA) is 72.2 Å². The number of aryl methyl sites for hydroxylation is 1. The van der Waals surface area contributed by atoms with Gasteiger partial charge in [0.15, 0.2) is 15.7 Å². The second-order valence-corrected chi connectivity index (χ2v) is 7.12. The standard InChI is InChI=1S/C11H16N2O3S/c1-7-10(13-11(16-7)8-2-3-8)9-6-17(14,15)5-4-12-9/h8-9,12H,2-6H2,1H3. The van der Waals surface area contributed by atoms with Gasteiger partial charge in [-0.25, -0.2) is 13.4 Å². The predicted molar refractivity (Wildman–Crippen MR) is 62.6 cm³/mol. The van der Waals surface area contributed by atoms with Crippen molar-refractivity contribution in [2.24, 2.45) is 0 Å². The Labute approximate surface area is 101 Å². The van der Waals surface area contributed by atoms with E-state index in [0.29, 0.717) is 12.5 Å². The van der Waals surface area contributed by atoms with E-state index < -0.39 is 9.84 Å². The molecule has 0 radical (unpaired) electrons. The van der Waals surface area contributed by atoms with Crippen molar-refractivity contribution in [2.75, 3.05) is 18.1 Å². The van der Waals surface area contributed by atoms with Crippen molar-refractivity contribution < 1.29 is 12.8 Å². The van der Waals surface area contributed by atoms with Gasteiger partial charge in [-0.1, -0.05) is 0 Å². The molecule has 1 atom stereocenters. The van der Waals surface area contributed by atoms with E-state index in [0.717, 1.165) is 30.2 Å². The molecule has 0 spiro atoms. The molecule has 0 bridgehead atoms. The molecule has 2 aliphatic rings. The molecule has 1 aromatic heterocycles. The molecule has 1 aliphatic heterocycles. The normalized spacial score (nSPS) is 28.2. The Bertz CT molecular complexity index is 531. The lowest BCUT2D eigenvalue weighted by atomic mass is 10.2. The average Bonchev–Trinajstić information content (AvgIpc) is 3.01. The molecule has 0 amide bonds. The summed E-state index contributed by atoms with van der Waals surface area (Å²) in [5.41, 5.74) is 0.773. The van der Waals surface area contributed by atoms with Crippen LogP contribution in [0, 0.1) is 6.92 Å². The van der Waals surface area contributed by atoms with Gasteiger partial charge >= 0.3 is 0 Å². The van der Waals surface area contributed by atoms with Crippen molar-refractivity contribution in [2.45, 2.75) is 31.7 Å². The fourth-order valence-electron chi connectivity index (χ4n) is 2.22. The van der Waals surface area contributed by atoms with Crippen LogP contribution < -0.4 is 5.32 Å². The lowest BCUT2D eigenvalue weighted by Gasteiger charge is -2.22. The Hall–Kier alpha value is -0.880. The zero-order chi connectivity index (χ0) is 12.0. The number of hydrogen-bond acceptors (Lipinski definition) is 5. The van der Waals surface area contributed by atoms with Crippen LogP contribution in [0.4, 0.5) is 0 Å². The quantitative estimate of drug-likeness (QED) is 0.852. The summed E-state index contributed by atoms with van der Waals surface area (Å²) in [6.07, 6.45) is 2.27. The molecule has 1 saturated carbocycles. The van der Waals surface area contributed by atoms with Gasteiger partial charge in [-0.2, -0.15) is 0 Å².